The van der Waals surface area contributed by atoms with Gasteiger partial charge < -0.3 is 14.2 Å². The van der Waals surface area contributed by atoms with Crippen LogP contribution in [0.15, 0.2) is 0 Å². The standard InChI is InChI=1S/C9H13F8O4P/c1-3-20-22(19,21-4-2)6(18)8(14,15)9(16,17)7(12,13)5(10)11/h5-6,18H,3-4H2,1-2H3. The fourth-order valence-electron chi connectivity index (χ4n) is 1.26. The highest BCUT2D eigenvalue weighted by Gasteiger charge is 2.79. The summed E-state index contributed by atoms with van der Waals surface area (Å²) in [5, 5.41) is 9.12. The van der Waals surface area contributed by atoms with Gasteiger partial charge >= 0.3 is 31.8 Å². The number of rotatable bonds is 9. The molecule has 0 aromatic rings. The van der Waals surface area contributed by atoms with Crippen molar-refractivity contribution in [3.63, 3.8) is 0 Å². The van der Waals surface area contributed by atoms with E-state index in [9.17, 15) is 39.7 Å². The lowest BCUT2D eigenvalue weighted by Gasteiger charge is -2.36. The summed E-state index contributed by atoms with van der Waals surface area (Å²) in [6, 6.07) is 0. The average Bonchev–Trinajstić information content (AvgIpc) is 2.37. The van der Waals surface area contributed by atoms with Crippen molar-refractivity contribution in [2.24, 2.45) is 0 Å². The first-order chi connectivity index (χ1) is 9.72. The molecule has 4 nitrogen and oxygen atoms in total. The van der Waals surface area contributed by atoms with E-state index in [4.69, 9.17) is 5.11 Å². The van der Waals surface area contributed by atoms with Crippen LogP contribution >= 0.6 is 7.60 Å². The molecule has 22 heavy (non-hydrogen) atoms. The van der Waals surface area contributed by atoms with E-state index in [0.717, 1.165) is 13.8 Å². The van der Waals surface area contributed by atoms with Gasteiger partial charge in [0.05, 0.1) is 13.2 Å². The van der Waals surface area contributed by atoms with Gasteiger partial charge in [-0.2, -0.15) is 26.3 Å². The van der Waals surface area contributed by atoms with E-state index < -0.39 is 50.8 Å². The Hall–Kier alpha value is -0.450. The van der Waals surface area contributed by atoms with Crippen molar-refractivity contribution in [2.45, 2.75) is 43.9 Å². The molecule has 0 aliphatic carbocycles. The number of alkyl halides is 8. The second-order valence-electron chi connectivity index (χ2n) is 3.87. The molecule has 1 unspecified atom stereocenters. The van der Waals surface area contributed by atoms with Crippen LogP contribution in [0.5, 0.6) is 0 Å². The Balaban J connectivity index is 5.84. The summed E-state index contributed by atoms with van der Waals surface area (Å²) in [6.07, 6.45) is -5.15. The smallest absolute Gasteiger partial charge is 0.376 e. The van der Waals surface area contributed by atoms with Crippen molar-refractivity contribution in [3.05, 3.63) is 0 Å². The molecule has 0 aliphatic heterocycles. The molecule has 13 heteroatoms. The van der Waals surface area contributed by atoms with Crippen LogP contribution < -0.4 is 0 Å². The van der Waals surface area contributed by atoms with Crippen LogP contribution in [0.1, 0.15) is 13.8 Å². The number of halogens is 8. The first kappa shape index (κ1) is 21.6. The van der Waals surface area contributed by atoms with Crippen LogP contribution in [0.2, 0.25) is 0 Å². The molecule has 0 aliphatic rings. The molecular formula is C9H13F8O4P. The van der Waals surface area contributed by atoms with Gasteiger partial charge in [-0.1, -0.05) is 0 Å². The van der Waals surface area contributed by atoms with Crippen molar-refractivity contribution >= 4 is 7.60 Å². The van der Waals surface area contributed by atoms with Crippen LogP contribution in [0, 0.1) is 0 Å². The third kappa shape index (κ3) is 3.55. The Bertz CT molecular complexity index is 406. The Labute approximate surface area is 119 Å². The zero-order chi connectivity index (χ0) is 18.0. The Kier molecular flexibility index (Phi) is 6.84. The summed E-state index contributed by atoms with van der Waals surface area (Å²) >= 11 is 0. The van der Waals surface area contributed by atoms with Gasteiger partial charge in [-0.15, -0.1) is 0 Å². The minimum Gasteiger partial charge on any atom is -0.376 e. The normalized spacial score (nSPS) is 16.2. The van der Waals surface area contributed by atoms with E-state index in [-0.39, 0.29) is 0 Å². The number of hydrogen-bond acceptors (Lipinski definition) is 4. The Morgan fingerprint density at radius 1 is 0.955 bits per heavy atom. The number of hydrogen-bond donors (Lipinski definition) is 1. The van der Waals surface area contributed by atoms with Crippen molar-refractivity contribution in [1.82, 2.24) is 0 Å². The van der Waals surface area contributed by atoms with Crippen LogP contribution in [0.25, 0.3) is 0 Å². The maximum atomic E-state index is 13.4. The molecule has 0 radical (unpaired) electrons. The fourth-order valence-corrected chi connectivity index (χ4v) is 2.89. The molecule has 0 amide bonds. The quantitative estimate of drug-likeness (QED) is 0.498. The molecule has 0 aromatic carbocycles. The first-order valence-electron chi connectivity index (χ1n) is 5.70. The number of aliphatic hydroxyl groups excluding tert-OH is 1. The lowest BCUT2D eigenvalue weighted by Crippen LogP contribution is -2.61. The molecular weight excluding hydrogens is 355 g/mol. The maximum Gasteiger partial charge on any atom is 0.381 e. The van der Waals surface area contributed by atoms with Gasteiger partial charge in [0.15, 0.2) is 0 Å². The molecule has 0 heterocycles. The minimum absolute atomic E-state index is 0.665. The molecule has 134 valence electrons. The second kappa shape index (κ2) is 6.98. The van der Waals surface area contributed by atoms with Crippen molar-refractivity contribution in [3.8, 4) is 0 Å². The summed E-state index contributed by atoms with van der Waals surface area (Å²) in [7, 11) is -5.38. The SMILES string of the molecule is CCOP(=O)(OCC)C(O)C(F)(F)C(F)(F)C(F)(F)C(F)F. The molecule has 0 bridgehead atoms. The lowest BCUT2D eigenvalue weighted by molar-refractivity contribution is -0.349. The predicted octanol–water partition coefficient (Wildman–Crippen LogP) is 3.74. The van der Waals surface area contributed by atoms with Gasteiger partial charge in [0, 0.05) is 0 Å². The van der Waals surface area contributed by atoms with E-state index in [0.29, 0.717) is 0 Å². The molecule has 0 rings (SSSR count). The summed E-state index contributed by atoms with van der Waals surface area (Å²) in [6.45, 7) is 0.785. The van der Waals surface area contributed by atoms with E-state index in [1.807, 2.05) is 0 Å². The molecule has 0 aromatic heterocycles. The van der Waals surface area contributed by atoms with Gasteiger partial charge in [-0.05, 0) is 13.8 Å². The van der Waals surface area contributed by atoms with Crippen LogP contribution in [0.4, 0.5) is 35.1 Å². The highest BCUT2D eigenvalue weighted by atomic mass is 31.2. The van der Waals surface area contributed by atoms with Gasteiger partial charge in [-0.3, -0.25) is 4.57 Å². The van der Waals surface area contributed by atoms with Gasteiger partial charge in [0.2, 0.25) is 5.85 Å². The van der Waals surface area contributed by atoms with E-state index in [1.54, 1.807) is 0 Å². The lowest BCUT2D eigenvalue weighted by atomic mass is 10.1. The molecule has 1 N–H and O–H groups in total. The van der Waals surface area contributed by atoms with Crippen molar-refractivity contribution in [1.29, 1.82) is 0 Å². The molecule has 0 spiro atoms. The van der Waals surface area contributed by atoms with Crippen LogP contribution in [-0.4, -0.2) is 48.4 Å². The van der Waals surface area contributed by atoms with Gasteiger partial charge in [0.25, 0.3) is 0 Å². The Morgan fingerprint density at radius 2 is 1.32 bits per heavy atom. The highest BCUT2D eigenvalue weighted by Crippen LogP contribution is 2.61. The molecule has 0 fully saturated rings. The minimum atomic E-state index is -6.71. The van der Waals surface area contributed by atoms with Crippen LogP contribution in [-0.2, 0) is 13.6 Å². The summed E-state index contributed by atoms with van der Waals surface area (Å²) < 4.78 is 122. The molecule has 0 saturated carbocycles. The summed E-state index contributed by atoms with van der Waals surface area (Å²) in [5.74, 6) is -23.5. The molecule has 0 saturated heterocycles. The van der Waals surface area contributed by atoms with Crippen molar-refractivity contribution in [2.75, 3.05) is 13.2 Å². The zero-order valence-corrected chi connectivity index (χ0v) is 12.1. The third-order valence-electron chi connectivity index (χ3n) is 2.35. The van der Waals surface area contributed by atoms with Crippen LogP contribution in [0.3, 0.4) is 0 Å². The fraction of sp³-hybridized carbons (Fsp3) is 1.00. The predicted molar refractivity (Wildman–Crippen MR) is 57.7 cm³/mol. The molecule has 1 atom stereocenters. The first-order valence-corrected chi connectivity index (χ1v) is 7.32. The summed E-state index contributed by atoms with van der Waals surface area (Å²) in [4.78, 5) is 0. The largest absolute Gasteiger partial charge is 0.381 e. The zero-order valence-electron chi connectivity index (χ0n) is 11.2. The second-order valence-corrected chi connectivity index (χ2v) is 5.96. The van der Waals surface area contributed by atoms with Gasteiger partial charge in [0.1, 0.15) is 0 Å². The average molecular weight is 368 g/mol. The monoisotopic (exact) mass is 368 g/mol. The maximum absolute atomic E-state index is 13.4. The van der Waals surface area contributed by atoms with E-state index in [1.165, 1.54) is 0 Å². The number of aliphatic hydroxyl groups is 1. The van der Waals surface area contributed by atoms with Crippen molar-refractivity contribution < 1.29 is 53.8 Å². The summed E-state index contributed by atoms with van der Waals surface area (Å²) in [5.41, 5.74) is 0. The third-order valence-corrected chi connectivity index (χ3v) is 4.51. The van der Waals surface area contributed by atoms with Gasteiger partial charge in [-0.25, -0.2) is 8.78 Å². The highest BCUT2D eigenvalue weighted by molar-refractivity contribution is 7.54. The van der Waals surface area contributed by atoms with E-state index >= 15 is 0 Å². The van der Waals surface area contributed by atoms with E-state index in [2.05, 4.69) is 9.05 Å². The topological polar surface area (TPSA) is 55.8 Å². The Morgan fingerprint density at radius 3 is 1.59 bits per heavy atom.